The predicted octanol–water partition coefficient (Wildman–Crippen LogP) is 4.74. The number of anilines is 1. The quantitative estimate of drug-likeness (QED) is 0.168. The summed E-state index contributed by atoms with van der Waals surface area (Å²) < 4.78 is 1.67. The van der Waals surface area contributed by atoms with Crippen molar-refractivity contribution in [1.29, 1.82) is 0 Å². The molecular formula is C21H16BrCl2N6O3Y-. The van der Waals surface area contributed by atoms with Crippen molar-refractivity contribution < 1.29 is 47.4 Å². The SMILES string of the molecule is CO.N[N-]C(=O)c1cc2ccccc2c(Cl)c1NC(=O)c1cc(Br)nn1-c1ncccc1Cl.[Y]. The standard InChI is InChI=1S/C20H13BrCl2N6O2.CH4O.Y/c21-15-9-14(29(28-15)18-13(22)6-3-7-25-18)20(31)26-17-12(19(30)27-24)8-10-4-1-2-5-11(10)16(17)23;1-2;/h1-9H,(H4,24,26,27,28,30,31);2H,1H3;/p-1. The van der Waals surface area contributed by atoms with E-state index in [0.29, 0.717) is 20.4 Å². The zero-order valence-corrected chi connectivity index (χ0v) is 23.5. The van der Waals surface area contributed by atoms with E-state index in [0.717, 1.165) is 7.11 Å². The molecule has 4 aromatic rings. The van der Waals surface area contributed by atoms with Crippen molar-refractivity contribution in [3.05, 3.63) is 86.1 Å². The molecule has 2 aromatic carbocycles. The van der Waals surface area contributed by atoms with Crippen LogP contribution in [-0.2, 0) is 32.7 Å². The molecule has 2 amide bonds. The molecule has 9 nitrogen and oxygen atoms in total. The van der Waals surface area contributed by atoms with Crippen molar-refractivity contribution in [2.24, 2.45) is 5.84 Å². The van der Waals surface area contributed by atoms with Crippen LogP contribution in [0.3, 0.4) is 0 Å². The van der Waals surface area contributed by atoms with Crippen LogP contribution in [0.2, 0.25) is 10.0 Å². The van der Waals surface area contributed by atoms with Crippen molar-refractivity contribution in [1.82, 2.24) is 14.8 Å². The minimum absolute atomic E-state index is 0. The number of pyridine rings is 1. The molecule has 13 heteroatoms. The summed E-state index contributed by atoms with van der Waals surface area (Å²) >= 11 is 16.0. The van der Waals surface area contributed by atoms with Crippen molar-refractivity contribution in [3.8, 4) is 5.82 Å². The van der Waals surface area contributed by atoms with Gasteiger partial charge in [-0.05, 0) is 39.5 Å². The number of aliphatic hydroxyl groups is 1. The first-order valence-corrected chi connectivity index (χ1v) is 10.7. The Balaban J connectivity index is 0.00000133. The smallest absolute Gasteiger partial charge is 0.274 e. The van der Waals surface area contributed by atoms with Crippen LogP contribution in [0.15, 0.2) is 59.3 Å². The van der Waals surface area contributed by atoms with Gasteiger partial charge in [0.2, 0.25) is 0 Å². The van der Waals surface area contributed by atoms with Crippen molar-refractivity contribution >= 4 is 67.4 Å². The van der Waals surface area contributed by atoms with Crippen molar-refractivity contribution in [3.63, 3.8) is 0 Å². The van der Waals surface area contributed by atoms with Crippen LogP contribution in [0.1, 0.15) is 20.8 Å². The van der Waals surface area contributed by atoms with Gasteiger partial charge >= 0.3 is 0 Å². The van der Waals surface area contributed by atoms with Gasteiger partial charge in [0.25, 0.3) is 5.91 Å². The van der Waals surface area contributed by atoms with Gasteiger partial charge in [-0.3, -0.25) is 4.79 Å². The largest absolute Gasteiger partial charge is 0.590 e. The summed E-state index contributed by atoms with van der Waals surface area (Å²) in [7, 11) is 1.00. The monoisotopic (exact) mass is 638 g/mol. The number of rotatable bonds is 4. The molecule has 0 bridgehead atoms. The van der Waals surface area contributed by atoms with E-state index in [1.807, 2.05) is 0 Å². The zero-order valence-electron chi connectivity index (χ0n) is 17.5. The fourth-order valence-electron chi connectivity index (χ4n) is 3.05. The maximum Gasteiger partial charge on any atom is 0.274 e. The molecule has 173 valence electrons. The van der Waals surface area contributed by atoms with Crippen LogP contribution >= 0.6 is 39.1 Å². The summed E-state index contributed by atoms with van der Waals surface area (Å²) in [6.45, 7) is 0. The molecule has 4 N–H and O–H groups in total. The van der Waals surface area contributed by atoms with E-state index in [1.165, 1.54) is 16.9 Å². The molecule has 2 heterocycles. The average Bonchev–Trinajstić information content (AvgIpc) is 3.23. The van der Waals surface area contributed by atoms with E-state index in [1.54, 1.807) is 42.5 Å². The fraction of sp³-hybridized carbons (Fsp3) is 0.0476. The number of nitrogens with one attached hydrogen (secondary N) is 1. The molecule has 0 aliphatic rings. The normalized spacial score (nSPS) is 10.1. The number of aromatic nitrogens is 3. The van der Waals surface area contributed by atoms with E-state index in [9.17, 15) is 9.59 Å². The Kier molecular flexibility index (Phi) is 10.6. The number of hydrogen-bond acceptors (Lipinski definition) is 6. The summed E-state index contributed by atoms with van der Waals surface area (Å²) in [6.07, 6.45) is 1.53. The van der Waals surface area contributed by atoms with Crippen LogP contribution in [-0.4, -0.2) is 38.8 Å². The summed E-state index contributed by atoms with van der Waals surface area (Å²) in [5.74, 6) is 4.14. The van der Waals surface area contributed by atoms with Crippen LogP contribution < -0.4 is 11.2 Å². The molecule has 0 unspecified atom stereocenters. The number of carbonyl (C=O) groups is 2. The molecule has 0 aliphatic carbocycles. The molecule has 0 saturated heterocycles. The molecule has 2 aromatic heterocycles. The number of amides is 2. The molecule has 34 heavy (non-hydrogen) atoms. The third-order valence-corrected chi connectivity index (χ3v) is 5.50. The second kappa shape index (κ2) is 12.7. The fourth-order valence-corrected chi connectivity index (χ4v) is 3.95. The minimum Gasteiger partial charge on any atom is -0.590 e. The van der Waals surface area contributed by atoms with E-state index >= 15 is 0 Å². The molecule has 0 atom stereocenters. The van der Waals surface area contributed by atoms with Gasteiger partial charge in [0, 0.05) is 63.0 Å². The van der Waals surface area contributed by atoms with E-state index in [2.05, 4.69) is 36.8 Å². The predicted molar refractivity (Wildman–Crippen MR) is 131 cm³/mol. The van der Waals surface area contributed by atoms with Gasteiger partial charge in [0.15, 0.2) is 5.82 Å². The van der Waals surface area contributed by atoms with Gasteiger partial charge in [0.1, 0.15) is 10.3 Å². The Hall–Kier alpha value is -1.92. The Bertz CT molecular complexity index is 1350. The van der Waals surface area contributed by atoms with E-state index in [-0.39, 0.29) is 60.5 Å². The van der Waals surface area contributed by atoms with Crippen molar-refractivity contribution in [2.45, 2.75) is 0 Å². The Morgan fingerprint density at radius 3 is 2.53 bits per heavy atom. The third kappa shape index (κ3) is 5.83. The first kappa shape index (κ1) is 28.3. The van der Waals surface area contributed by atoms with Crippen LogP contribution in [0, 0.1) is 0 Å². The average molecular weight is 640 g/mol. The molecule has 0 spiro atoms. The van der Waals surface area contributed by atoms with E-state index < -0.39 is 11.8 Å². The number of nitrogens with two attached hydrogens (primary N) is 1. The summed E-state index contributed by atoms with van der Waals surface area (Å²) in [5.41, 5.74) is 3.48. The number of fused-ring (bicyclic) bond motifs is 1. The molecular weight excluding hydrogens is 624 g/mol. The maximum absolute atomic E-state index is 13.2. The molecule has 4 rings (SSSR count). The molecule has 0 fully saturated rings. The number of aliphatic hydroxyl groups excluding tert-OH is 1. The number of halogens is 3. The first-order chi connectivity index (χ1) is 15.9. The number of benzene rings is 2. The molecule has 0 saturated carbocycles. The summed E-state index contributed by atoms with van der Waals surface area (Å²) in [6, 6.07) is 13.5. The van der Waals surface area contributed by atoms with Gasteiger partial charge in [-0.15, -0.1) is 0 Å². The zero-order chi connectivity index (χ0) is 24.1. The Morgan fingerprint density at radius 2 is 1.85 bits per heavy atom. The molecule has 1 radical (unpaired) electrons. The van der Waals surface area contributed by atoms with Crippen LogP contribution in [0.5, 0.6) is 0 Å². The molecule has 0 aliphatic heterocycles. The summed E-state index contributed by atoms with van der Waals surface area (Å²) in [5, 5.41) is 15.8. The van der Waals surface area contributed by atoms with Crippen LogP contribution in [0.4, 0.5) is 5.69 Å². The second-order valence-corrected chi connectivity index (χ2v) is 7.89. The van der Waals surface area contributed by atoms with Gasteiger partial charge in [-0.2, -0.15) is 5.10 Å². The summed E-state index contributed by atoms with van der Waals surface area (Å²) in [4.78, 5) is 29.7. The topological polar surface area (TPSA) is 137 Å². The number of nitrogens with zero attached hydrogens (tertiary/aromatic N) is 4. The number of hydrogen-bond donors (Lipinski definition) is 3. The van der Waals surface area contributed by atoms with Gasteiger partial charge in [-0.25, -0.2) is 9.67 Å². The van der Waals surface area contributed by atoms with Crippen molar-refractivity contribution in [2.75, 3.05) is 12.4 Å². The van der Waals surface area contributed by atoms with Crippen LogP contribution in [0.25, 0.3) is 22.0 Å². The van der Waals surface area contributed by atoms with E-state index in [4.69, 9.17) is 34.2 Å². The van der Waals surface area contributed by atoms with Gasteiger partial charge in [-0.1, -0.05) is 47.5 Å². The Labute approximate surface area is 238 Å². The van der Waals surface area contributed by atoms with Gasteiger partial charge < -0.3 is 26.5 Å². The second-order valence-electron chi connectivity index (χ2n) is 6.30. The number of carbonyl (C=O) groups excluding carboxylic acids is 2. The minimum atomic E-state index is -0.731. The van der Waals surface area contributed by atoms with Gasteiger partial charge in [0.05, 0.1) is 21.6 Å². The Morgan fingerprint density at radius 1 is 1.15 bits per heavy atom. The first-order valence-electron chi connectivity index (χ1n) is 9.19. The third-order valence-electron chi connectivity index (χ3n) is 4.42. The maximum atomic E-state index is 13.2.